The van der Waals surface area contributed by atoms with Crippen LogP contribution in [-0.4, -0.2) is 30.8 Å². The second-order valence-electron chi connectivity index (χ2n) is 8.80. The quantitative estimate of drug-likeness (QED) is 0.285. The summed E-state index contributed by atoms with van der Waals surface area (Å²) in [7, 11) is -3.55. The van der Waals surface area contributed by atoms with E-state index in [0.29, 0.717) is 16.6 Å². The Balaban J connectivity index is 1.48. The van der Waals surface area contributed by atoms with Crippen LogP contribution in [-0.2, 0) is 12.8 Å². The maximum atomic E-state index is 13.8. The lowest BCUT2D eigenvalue weighted by atomic mass is 9.89. The van der Waals surface area contributed by atoms with Crippen molar-refractivity contribution >= 4 is 33.2 Å². The summed E-state index contributed by atoms with van der Waals surface area (Å²) in [5.41, 5.74) is 6.24. The molecule has 0 amide bonds. The van der Waals surface area contributed by atoms with Gasteiger partial charge in [0.25, 0.3) is 5.56 Å². The number of nitrogens with zero attached hydrogens (tertiary/aromatic N) is 2. The molecule has 1 unspecified atom stereocenters. The van der Waals surface area contributed by atoms with Crippen LogP contribution in [0.3, 0.4) is 0 Å². The minimum Gasteiger partial charge on any atom is -0.506 e. The van der Waals surface area contributed by atoms with E-state index in [9.17, 15) is 19.0 Å². The molecule has 2 heterocycles. The minimum atomic E-state index is -3.55. The number of aromatic nitrogens is 1. The minimum absolute atomic E-state index is 0.00535. The molecular formula is C26H24N4O4S. The van der Waals surface area contributed by atoms with E-state index in [1.165, 1.54) is 15.8 Å². The molecule has 0 spiro atoms. The van der Waals surface area contributed by atoms with E-state index in [-0.39, 0.29) is 28.1 Å². The SMILES string of the molecule is O=c1c(C2=NS(O)(O)c3ccccc3N2)c(O)c2ccccc2n1NC1CCc2ccccc2C1. The molecular weight excluding hydrogens is 464 g/mol. The van der Waals surface area contributed by atoms with Crippen LogP contribution in [0.4, 0.5) is 5.69 Å². The number of benzene rings is 3. The Morgan fingerprint density at radius 3 is 2.54 bits per heavy atom. The number of pyridine rings is 1. The van der Waals surface area contributed by atoms with E-state index in [4.69, 9.17) is 0 Å². The van der Waals surface area contributed by atoms with Crippen LogP contribution in [0.25, 0.3) is 10.9 Å². The highest BCUT2D eigenvalue weighted by atomic mass is 32.3. The van der Waals surface area contributed by atoms with Crippen LogP contribution in [0.1, 0.15) is 23.1 Å². The van der Waals surface area contributed by atoms with Gasteiger partial charge in [0.1, 0.15) is 16.2 Å². The molecule has 6 rings (SSSR count). The molecule has 35 heavy (non-hydrogen) atoms. The van der Waals surface area contributed by atoms with Crippen molar-refractivity contribution in [2.24, 2.45) is 4.40 Å². The topological polar surface area (TPSA) is 119 Å². The maximum absolute atomic E-state index is 13.8. The van der Waals surface area contributed by atoms with E-state index in [1.54, 1.807) is 48.5 Å². The van der Waals surface area contributed by atoms with E-state index in [0.717, 1.165) is 19.3 Å². The molecule has 8 nitrogen and oxygen atoms in total. The zero-order chi connectivity index (χ0) is 24.2. The summed E-state index contributed by atoms with van der Waals surface area (Å²) >= 11 is 0. The highest BCUT2D eigenvalue weighted by molar-refractivity contribution is 8.23. The number of fused-ring (bicyclic) bond motifs is 3. The Kier molecular flexibility index (Phi) is 5.06. The lowest BCUT2D eigenvalue weighted by molar-refractivity contribution is 0.477. The largest absolute Gasteiger partial charge is 0.506 e. The highest BCUT2D eigenvalue weighted by Crippen LogP contribution is 2.55. The second-order valence-corrected chi connectivity index (χ2v) is 10.5. The fourth-order valence-corrected chi connectivity index (χ4v) is 6.07. The van der Waals surface area contributed by atoms with Gasteiger partial charge in [-0.15, -0.1) is 4.40 Å². The molecule has 1 aliphatic heterocycles. The van der Waals surface area contributed by atoms with Gasteiger partial charge in [0.15, 0.2) is 5.84 Å². The number of nitrogens with one attached hydrogen (secondary N) is 2. The number of rotatable bonds is 3. The molecule has 3 aromatic carbocycles. The Morgan fingerprint density at radius 1 is 0.971 bits per heavy atom. The monoisotopic (exact) mass is 488 g/mol. The third-order valence-electron chi connectivity index (χ3n) is 6.60. The third-order valence-corrected chi connectivity index (χ3v) is 7.99. The first-order chi connectivity index (χ1) is 16.9. The van der Waals surface area contributed by atoms with Crippen molar-refractivity contribution < 1.29 is 14.2 Å². The van der Waals surface area contributed by atoms with Crippen LogP contribution in [0.2, 0.25) is 0 Å². The number of hydrogen-bond donors (Lipinski definition) is 5. The number of amidine groups is 1. The van der Waals surface area contributed by atoms with Gasteiger partial charge in [-0.1, -0.05) is 59.3 Å². The summed E-state index contributed by atoms with van der Waals surface area (Å²) in [4.78, 5) is 14.1. The van der Waals surface area contributed by atoms with Crippen LogP contribution >= 0.6 is 10.8 Å². The van der Waals surface area contributed by atoms with E-state index >= 15 is 0 Å². The van der Waals surface area contributed by atoms with Gasteiger partial charge in [-0.25, -0.2) is 4.68 Å². The second kappa shape index (κ2) is 8.16. The zero-order valence-electron chi connectivity index (χ0n) is 18.7. The summed E-state index contributed by atoms with van der Waals surface area (Å²) in [6.45, 7) is 0. The molecule has 0 fully saturated rings. The van der Waals surface area contributed by atoms with Crippen molar-refractivity contribution in [3.63, 3.8) is 0 Å². The van der Waals surface area contributed by atoms with Gasteiger partial charge >= 0.3 is 0 Å². The Bertz CT molecular complexity index is 1560. The lowest BCUT2D eigenvalue weighted by Crippen LogP contribution is -2.41. The average molecular weight is 489 g/mol. The molecule has 2 aliphatic rings. The third kappa shape index (κ3) is 3.65. The molecule has 0 radical (unpaired) electrons. The Hall–Kier alpha value is -3.79. The van der Waals surface area contributed by atoms with Gasteiger partial charge in [0.05, 0.1) is 11.2 Å². The summed E-state index contributed by atoms with van der Waals surface area (Å²) < 4.78 is 26.9. The standard InChI is InChI=1S/C26H24N4O4S/c31-24-19-9-3-5-11-21(19)30(28-18-14-13-16-7-1-2-8-17(16)15-18)26(32)23(24)25-27-20-10-4-6-12-22(20)35(33,34)29-25/h1-12,18,28,31,33-34H,13-15H2,(H,27,29). The number of aryl methyl sites for hydroxylation is 1. The fraction of sp³-hybridized carbons (Fsp3) is 0.154. The molecule has 9 heteroatoms. The van der Waals surface area contributed by atoms with Crippen molar-refractivity contribution in [1.82, 2.24) is 4.68 Å². The highest BCUT2D eigenvalue weighted by Gasteiger charge is 2.30. The molecule has 0 bridgehead atoms. The lowest BCUT2D eigenvalue weighted by Gasteiger charge is -2.34. The number of anilines is 1. The van der Waals surface area contributed by atoms with Gasteiger partial charge in [-0.2, -0.15) is 0 Å². The van der Waals surface area contributed by atoms with E-state index in [2.05, 4.69) is 27.3 Å². The summed E-state index contributed by atoms with van der Waals surface area (Å²) in [6, 6.07) is 22.0. The van der Waals surface area contributed by atoms with Crippen molar-refractivity contribution in [2.75, 3.05) is 10.7 Å². The van der Waals surface area contributed by atoms with Crippen LogP contribution in [0.5, 0.6) is 5.75 Å². The van der Waals surface area contributed by atoms with Gasteiger partial charge in [0, 0.05) is 11.4 Å². The van der Waals surface area contributed by atoms with Crippen molar-refractivity contribution in [3.05, 3.63) is 99.8 Å². The van der Waals surface area contributed by atoms with E-state index in [1.807, 2.05) is 12.1 Å². The molecule has 4 aromatic rings. The van der Waals surface area contributed by atoms with Crippen LogP contribution in [0, 0.1) is 0 Å². The summed E-state index contributed by atoms with van der Waals surface area (Å²) in [5, 5.41) is 14.6. The summed E-state index contributed by atoms with van der Waals surface area (Å²) in [6.07, 6.45) is 2.51. The average Bonchev–Trinajstić information content (AvgIpc) is 2.86. The molecule has 178 valence electrons. The number of hydrogen-bond acceptors (Lipinski definition) is 7. The van der Waals surface area contributed by atoms with Gasteiger partial charge < -0.3 is 15.8 Å². The first-order valence-electron chi connectivity index (χ1n) is 11.4. The first-order valence-corrected chi connectivity index (χ1v) is 12.9. The molecule has 1 aromatic heterocycles. The Labute approximate surface area is 203 Å². The Morgan fingerprint density at radius 2 is 1.69 bits per heavy atom. The molecule has 1 atom stereocenters. The van der Waals surface area contributed by atoms with Crippen LogP contribution < -0.4 is 16.3 Å². The fourth-order valence-electron chi connectivity index (χ4n) is 4.90. The van der Waals surface area contributed by atoms with Gasteiger partial charge in [-0.3, -0.25) is 13.9 Å². The first kappa shape index (κ1) is 21.7. The zero-order valence-corrected chi connectivity index (χ0v) is 19.5. The van der Waals surface area contributed by atoms with Crippen molar-refractivity contribution in [2.45, 2.75) is 30.2 Å². The normalized spacial score (nSPS) is 19.1. The molecule has 5 N–H and O–H groups in total. The number of aromatic hydroxyl groups is 1. The molecule has 0 saturated carbocycles. The summed E-state index contributed by atoms with van der Waals surface area (Å²) in [5.74, 6) is -0.347. The van der Waals surface area contributed by atoms with E-state index < -0.39 is 16.3 Å². The smallest absolute Gasteiger partial charge is 0.284 e. The van der Waals surface area contributed by atoms with Gasteiger partial charge in [0.2, 0.25) is 0 Å². The number of para-hydroxylation sites is 2. The van der Waals surface area contributed by atoms with Crippen LogP contribution in [0.15, 0.2) is 86.9 Å². The predicted octanol–water partition coefficient (Wildman–Crippen LogP) is 4.70. The molecule has 0 saturated heterocycles. The molecule has 1 aliphatic carbocycles. The predicted molar refractivity (Wildman–Crippen MR) is 139 cm³/mol. The van der Waals surface area contributed by atoms with Crippen molar-refractivity contribution in [3.8, 4) is 5.75 Å². The van der Waals surface area contributed by atoms with Crippen molar-refractivity contribution in [1.29, 1.82) is 0 Å². The maximum Gasteiger partial charge on any atom is 0.284 e. The van der Waals surface area contributed by atoms with Gasteiger partial charge in [-0.05, 0) is 54.7 Å².